The number of carbonyl (C=O) groups is 1. The second kappa shape index (κ2) is 6.24. The number of amides is 1. The molecule has 126 valence electrons. The Hall–Kier alpha value is -1.41. The molecule has 0 unspecified atom stereocenters. The van der Waals surface area contributed by atoms with Gasteiger partial charge in [0.25, 0.3) is 5.91 Å². The molecule has 2 rings (SSSR count). The topological polar surface area (TPSA) is 70.2 Å². The standard InChI is InChI=1S/C15H18BrFN2O3S/c1-8(9(2)23(4,21)22)19(3)15(20)14-7-11-12(17)5-10(16)6-13(11)18-14/h5-9,18H,1-4H3/t8-,9+/m1/s1. The number of aromatic nitrogens is 1. The summed E-state index contributed by atoms with van der Waals surface area (Å²) < 4.78 is 37.8. The van der Waals surface area contributed by atoms with Gasteiger partial charge in [0.15, 0.2) is 9.84 Å². The highest BCUT2D eigenvalue weighted by atomic mass is 79.9. The number of carbonyl (C=O) groups excluding carboxylic acids is 1. The Balaban J connectivity index is 2.35. The lowest BCUT2D eigenvalue weighted by atomic mass is 10.2. The molecule has 23 heavy (non-hydrogen) atoms. The summed E-state index contributed by atoms with van der Waals surface area (Å²) in [6.45, 7) is 3.23. The van der Waals surface area contributed by atoms with Gasteiger partial charge in [-0.15, -0.1) is 0 Å². The summed E-state index contributed by atoms with van der Waals surface area (Å²) in [5.74, 6) is -0.829. The molecule has 0 fully saturated rings. The summed E-state index contributed by atoms with van der Waals surface area (Å²) in [7, 11) is -1.74. The van der Waals surface area contributed by atoms with Gasteiger partial charge in [0.1, 0.15) is 11.5 Å². The Morgan fingerprint density at radius 2 is 1.91 bits per heavy atom. The first kappa shape index (κ1) is 17.9. The van der Waals surface area contributed by atoms with Gasteiger partial charge in [0, 0.05) is 29.2 Å². The van der Waals surface area contributed by atoms with Crippen LogP contribution in [-0.4, -0.2) is 48.8 Å². The van der Waals surface area contributed by atoms with Crippen LogP contribution in [0.15, 0.2) is 22.7 Å². The molecular formula is C15H18BrFN2O3S. The van der Waals surface area contributed by atoms with Crippen LogP contribution in [0.3, 0.4) is 0 Å². The molecule has 1 aromatic carbocycles. The zero-order chi connectivity index (χ0) is 17.5. The quantitative estimate of drug-likeness (QED) is 0.851. The molecule has 0 bridgehead atoms. The van der Waals surface area contributed by atoms with Crippen molar-refractivity contribution in [1.82, 2.24) is 9.88 Å². The van der Waals surface area contributed by atoms with Crippen molar-refractivity contribution in [3.05, 3.63) is 34.2 Å². The summed E-state index contributed by atoms with van der Waals surface area (Å²) in [5.41, 5.74) is 0.712. The highest BCUT2D eigenvalue weighted by Gasteiger charge is 2.29. The first-order valence-electron chi connectivity index (χ1n) is 6.96. The number of nitrogens with zero attached hydrogens (tertiary/aromatic N) is 1. The Bertz CT molecular complexity index is 863. The third kappa shape index (κ3) is 3.58. The highest BCUT2D eigenvalue weighted by Crippen LogP contribution is 2.25. The lowest BCUT2D eigenvalue weighted by Crippen LogP contribution is -2.44. The van der Waals surface area contributed by atoms with Crippen LogP contribution < -0.4 is 0 Å². The van der Waals surface area contributed by atoms with E-state index in [0.717, 1.165) is 6.26 Å². The maximum Gasteiger partial charge on any atom is 0.270 e. The van der Waals surface area contributed by atoms with Gasteiger partial charge in [-0.25, -0.2) is 12.8 Å². The number of nitrogens with one attached hydrogen (secondary N) is 1. The van der Waals surface area contributed by atoms with Crippen molar-refractivity contribution >= 4 is 42.6 Å². The Morgan fingerprint density at radius 1 is 1.30 bits per heavy atom. The number of halogens is 2. The van der Waals surface area contributed by atoms with Crippen LogP contribution >= 0.6 is 15.9 Å². The Labute approximate surface area is 142 Å². The van der Waals surface area contributed by atoms with Crippen molar-refractivity contribution in [1.29, 1.82) is 0 Å². The van der Waals surface area contributed by atoms with Crippen molar-refractivity contribution in [2.45, 2.75) is 25.1 Å². The van der Waals surface area contributed by atoms with Crippen LogP contribution in [0.4, 0.5) is 4.39 Å². The lowest BCUT2D eigenvalue weighted by molar-refractivity contribution is 0.0738. The predicted octanol–water partition coefficient (Wildman–Crippen LogP) is 2.96. The van der Waals surface area contributed by atoms with Gasteiger partial charge in [-0.05, 0) is 32.0 Å². The molecule has 5 nitrogen and oxygen atoms in total. The van der Waals surface area contributed by atoms with E-state index in [1.54, 1.807) is 19.9 Å². The van der Waals surface area contributed by atoms with E-state index < -0.39 is 26.9 Å². The molecule has 0 radical (unpaired) electrons. The van der Waals surface area contributed by atoms with E-state index in [-0.39, 0.29) is 11.6 Å². The van der Waals surface area contributed by atoms with Crippen LogP contribution in [0.5, 0.6) is 0 Å². The summed E-state index contributed by atoms with van der Waals surface area (Å²) in [5, 5.41) is -0.388. The second-order valence-corrected chi connectivity index (χ2v) is 9.04. The first-order chi connectivity index (χ1) is 10.5. The van der Waals surface area contributed by atoms with Gasteiger partial charge in [-0.1, -0.05) is 15.9 Å². The number of H-pyrrole nitrogens is 1. The van der Waals surface area contributed by atoms with Gasteiger partial charge in [0.2, 0.25) is 0 Å². The SMILES string of the molecule is C[C@H]([C@H](C)S(C)(=O)=O)N(C)C(=O)c1cc2c(F)cc(Br)cc2[nH]1. The predicted molar refractivity (Wildman–Crippen MR) is 91.8 cm³/mol. The smallest absolute Gasteiger partial charge is 0.270 e. The van der Waals surface area contributed by atoms with E-state index in [1.165, 1.54) is 24.1 Å². The molecule has 0 saturated heterocycles. The average Bonchev–Trinajstić information content (AvgIpc) is 2.87. The van der Waals surface area contributed by atoms with E-state index in [4.69, 9.17) is 0 Å². The van der Waals surface area contributed by atoms with Crippen molar-refractivity contribution in [3.63, 3.8) is 0 Å². The molecule has 1 N–H and O–H groups in total. The largest absolute Gasteiger partial charge is 0.350 e. The molecule has 0 spiro atoms. The van der Waals surface area contributed by atoms with Crippen LogP contribution in [0, 0.1) is 5.82 Å². The number of sulfone groups is 1. The number of hydrogen-bond donors (Lipinski definition) is 1. The zero-order valence-corrected chi connectivity index (χ0v) is 15.6. The highest BCUT2D eigenvalue weighted by molar-refractivity contribution is 9.10. The molecule has 0 saturated carbocycles. The van der Waals surface area contributed by atoms with Gasteiger partial charge in [-0.3, -0.25) is 4.79 Å². The fourth-order valence-corrected chi connectivity index (χ4v) is 3.65. The minimum atomic E-state index is -3.27. The summed E-state index contributed by atoms with van der Waals surface area (Å²) in [6, 6.07) is 3.93. The first-order valence-corrected chi connectivity index (χ1v) is 9.71. The maximum atomic E-state index is 13.9. The van der Waals surface area contributed by atoms with Crippen molar-refractivity contribution in [2.75, 3.05) is 13.3 Å². The molecule has 1 aromatic heterocycles. The number of benzene rings is 1. The summed E-state index contributed by atoms with van der Waals surface area (Å²) in [6.07, 6.45) is 1.14. The number of hydrogen-bond acceptors (Lipinski definition) is 3. The molecule has 2 atom stereocenters. The van der Waals surface area contributed by atoms with Crippen molar-refractivity contribution in [2.24, 2.45) is 0 Å². The Kier molecular flexibility index (Phi) is 4.86. The third-order valence-electron chi connectivity index (χ3n) is 4.17. The molecule has 0 aliphatic rings. The molecule has 1 amide bonds. The van der Waals surface area contributed by atoms with Crippen molar-refractivity contribution in [3.8, 4) is 0 Å². The number of fused-ring (bicyclic) bond motifs is 1. The van der Waals surface area contributed by atoms with Gasteiger partial charge in [-0.2, -0.15) is 0 Å². The minimum absolute atomic E-state index is 0.215. The number of aromatic amines is 1. The van der Waals surface area contributed by atoms with Crippen LogP contribution in [0.1, 0.15) is 24.3 Å². The van der Waals surface area contributed by atoms with E-state index in [1.807, 2.05) is 0 Å². The summed E-state index contributed by atoms with van der Waals surface area (Å²) in [4.78, 5) is 16.8. The fourth-order valence-electron chi connectivity index (χ4n) is 2.32. The van der Waals surface area contributed by atoms with Gasteiger partial charge in [0.05, 0.1) is 10.8 Å². The van der Waals surface area contributed by atoms with E-state index in [0.29, 0.717) is 15.4 Å². The lowest BCUT2D eigenvalue weighted by Gasteiger charge is -2.28. The average molecular weight is 405 g/mol. The molecule has 8 heteroatoms. The van der Waals surface area contributed by atoms with Crippen LogP contribution in [0.2, 0.25) is 0 Å². The summed E-state index contributed by atoms with van der Waals surface area (Å²) >= 11 is 3.20. The second-order valence-electron chi connectivity index (χ2n) is 5.72. The van der Waals surface area contributed by atoms with Crippen molar-refractivity contribution < 1.29 is 17.6 Å². The molecule has 0 aliphatic heterocycles. The van der Waals surface area contributed by atoms with E-state index in [2.05, 4.69) is 20.9 Å². The fraction of sp³-hybridized carbons (Fsp3) is 0.400. The van der Waals surface area contributed by atoms with Gasteiger partial charge < -0.3 is 9.88 Å². The van der Waals surface area contributed by atoms with E-state index >= 15 is 0 Å². The molecule has 0 aliphatic carbocycles. The van der Waals surface area contributed by atoms with Crippen LogP contribution in [0.25, 0.3) is 10.9 Å². The van der Waals surface area contributed by atoms with E-state index in [9.17, 15) is 17.6 Å². The molecule has 2 aromatic rings. The molecular weight excluding hydrogens is 387 g/mol. The Morgan fingerprint density at radius 3 is 2.48 bits per heavy atom. The monoisotopic (exact) mass is 404 g/mol. The normalized spacial score (nSPS) is 14.7. The zero-order valence-electron chi connectivity index (χ0n) is 13.2. The number of rotatable bonds is 4. The van der Waals surface area contributed by atoms with Gasteiger partial charge >= 0.3 is 0 Å². The maximum absolute atomic E-state index is 13.9. The molecule has 1 heterocycles. The third-order valence-corrected chi connectivity index (χ3v) is 6.37. The minimum Gasteiger partial charge on any atom is -0.350 e. The van der Waals surface area contributed by atoms with Crippen LogP contribution in [-0.2, 0) is 9.84 Å².